The van der Waals surface area contributed by atoms with E-state index >= 15 is 0 Å². The molecule has 1 amide bonds. The number of hydrogen-bond donors (Lipinski definition) is 1. The molecule has 1 N–H and O–H groups in total. The number of nitrogens with one attached hydrogen (secondary N) is 1. The van der Waals surface area contributed by atoms with E-state index in [2.05, 4.69) is 33.0 Å². The summed E-state index contributed by atoms with van der Waals surface area (Å²) in [6, 6.07) is 1.34. The first-order valence-corrected chi connectivity index (χ1v) is 9.41. The number of carbonyl (C=O) groups excluding carboxylic acids is 1. The summed E-state index contributed by atoms with van der Waals surface area (Å²) in [4.78, 5) is 14.2. The smallest absolute Gasteiger partial charge is 0.410 e. The van der Waals surface area contributed by atoms with Crippen molar-refractivity contribution in [2.45, 2.75) is 104 Å². The summed E-state index contributed by atoms with van der Waals surface area (Å²) in [6.07, 6.45) is 5.51. The van der Waals surface area contributed by atoms with Crippen LogP contribution in [0.3, 0.4) is 0 Å². The van der Waals surface area contributed by atoms with Crippen LogP contribution >= 0.6 is 0 Å². The minimum absolute atomic E-state index is 0.171. The Hall–Kier alpha value is -0.770. The molecule has 1 heterocycles. The highest BCUT2D eigenvalue weighted by molar-refractivity contribution is 5.68. The van der Waals surface area contributed by atoms with Gasteiger partial charge in [0.05, 0.1) is 0 Å². The average molecular weight is 327 g/mol. The van der Waals surface area contributed by atoms with Gasteiger partial charge >= 0.3 is 6.09 Å². The lowest BCUT2D eigenvalue weighted by molar-refractivity contribution is 0.00887. The average Bonchev–Trinajstić information content (AvgIpc) is 2.44. The second kappa shape index (κ2) is 8.91. The molecule has 0 radical (unpaired) electrons. The highest BCUT2D eigenvalue weighted by Crippen LogP contribution is 2.22. The van der Waals surface area contributed by atoms with Crippen LogP contribution in [0.25, 0.3) is 0 Å². The zero-order chi connectivity index (χ0) is 17.6. The minimum Gasteiger partial charge on any atom is -0.444 e. The maximum atomic E-state index is 12.3. The number of ether oxygens (including phenoxy) is 1. The highest BCUT2D eigenvalue weighted by atomic mass is 16.6. The first-order chi connectivity index (χ1) is 10.7. The van der Waals surface area contributed by atoms with Crippen LogP contribution in [0, 0.1) is 5.92 Å². The zero-order valence-corrected chi connectivity index (χ0v) is 16.3. The third kappa shape index (κ3) is 7.11. The van der Waals surface area contributed by atoms with Crippen LogP contribution in [0.5, 0.6) is 0 Å². The van der Waals surface area contributed by atoms with Gasteiger partial charge in [0.1, 0.15) is 5.60 Å². The van der Waals surface area contributed by atoms with Gasteiger partial charge in [0, 0.05) is 24.7 Å². The molecule has 0 bridgehead atoms. The van der Waals surface area contributed by atoms with Crippen LogP contribution in [0.2, 0.25) is 0 Å². The molecule has 0 saturated carbocycles. The SMILES string of the molecule is CCC(C)CC(CC)NC1CCN(C(=O)OC(C)(C)C)C(C)C1. The number of carbonyl (C=O) groups is 1. The van der Waals surface area contributed by atoms with Crippen LogP contribution in [-0.4, -0.2) is 41.3 Å². The molecule has 4 nitrogen and oxygen atoms in total. The lowest BCUT2D eigenvalue weighted by Gasteiger charge is -2.40. The van der Waals surface area contributed by atoms with E-state index in [9.17, 15) is 4.79 Å². The van der Waals surface area contributed by atoms with Crippen molar-refractivity contribution in [1.82, 2.24) is 10.2 Å². The van der Waals surface area contributed by atoms with E-state index in [0.717, 1.165) is 25.3 Å². The van der Waals surface area contributed by atoms with Crippen molar-refractivity contribution in [3.63, 3.8) is 0 Å². The maximum absolute atomic E-state index is 12.3. The van der Waals surface area contributed by atoms with Gasteiger partial charge in [-0.05, 0) is 59.3 Å². The molecule has 1 aliphatic heterocycles. The third-order valence-corrected chi connectivity index (χ3v) is 4.85. The number of nitrogens with zero attached hydrogens (tertiary/aromatic N) is 1. The third-order valence-electron chi connectivity index (χ3n) is 4.85. The Morgan fingerprint density at radius 3 is 2.43 bits per heavy atom. The molecule has 23 heavy (non-hydrogen) atoms. The molecular formula is C19H38N2O2. The molecule has 4 atom stereocenters. The van der Waals surface area contributed by atoms with Crippen LogP contribution in [0.4, 0.5) is 4.79 Å². The van der Waals surface area contributed by atoms with E-state index in [1.807, 2.05) is 25.7 Å². The quantitative estimate of drug-likeness (QED) is 0.777. The van der Waals surface area contributed by atoms with Gasteiger partial charge in [-0.15, -0.1) is 0 Å². The molecule has 0 aliphatic carbocycles. The van der Waals surface area contributed by atoms with Gasteiger partial charge in [-0.3, -0.25) is 0 Å². The largest absolute Gasteiger partial charge is 0.444 e. The molecule has 1 saturated heterocycles. The maximum Gasteiger partial charge on any atom is 0.410 e. The Bertz CT molecular complexity index is 365. The van der Waals surface area contributed by atoms with Crippen molar-refractivity contribution in [3.8, 4) is 0 Å². The minimum atomic E-state index is -0.421. The molecule has 1 rings (SSSR count). The Labute approximate surface area is 143 Å². The fraction of sp³-hybridized carbons (Fsp3) is 0.947. The van der Waals surface area contributed by atoms with Gasteiger partial charge in [0.15, 0.2) is 0 Å². The molecule has 0 aromatic rings. The van der Waals surface area contributed by atoms with Crippen molar-refractivity contribution in [2.24, 2.45) is 5.92 Å². The summed E-state index contributed by atoms with van der Waals surface area (Å²) < 4.78 is 5.52. The fourth-order valence-corrected chi connectivity index (χ4v) is 3.25. The van der Waals surface area contributed by atoms with E-state index < -0.39 is 5.60 Å². The molecule has 0 aromatic carbocycles. The van der Waals surface area contributed by atoms with Crippen LogP contribution in [-0.2, 0) is 4.74 Å². The molecule has 4 heteroatoms. The van der Waals surface area contributed by atoms with Gasteiger partial charge < -0.3 is 15.0 Å². The van der Waals surface area contributed by atoms with Gasteiger partial charge in [-0.1, -0.05) is 27.2 Å². The monoisotopic (exact) mass is 326 g/mol. The molecule has 1 aliphatic rings. The van der Waals surface area contributed by atoms with Gasteiger partial charge in [-0.25, -0.2) is 4.79 Å². The second-order valence-corrected chi connectivity index (χ2v) is 8.27. The van der Waals surface area contributed by atoms with Gasteiger partial charge in [0.25, 0.3) is 0 Å². The summed E-state index contributed by atoms with van der Waals surface area (Å²) in [6.45, 7) is 15.5. The Morgan fingerprint density at radius 1 is 1.30 bits per heavy atom. The van der Waals surface area contributed by atoms with Crippen LogP contribution < -0.4 is 5.32 Å². The fourth-order valence-electron chi connectivity index (χ4n) is 3.25. The molecule has 136 valence electrons. The number of likely N-dealkylation sites (tertiary alicyclic amines) is 1. The van der Waals surface area contributed by atoms with E-state index in [-0.39, 0.29) is 12.1 Å². The summed E-state index contributed by atoms with van der Waals surface area (Å²) in [7, 11) is 0. The molecule has 0 aromatic heterocycles. The first kappa shape index (κ1) is 20.3. The van der Waals surface area contributed by atoms with Crippen molar-refractivity contribution < 1.29 is 9.53 Å². The number of amides is 1. The van der Waals surface area contributed by atoms with Crippen LogP contribution in [0.1, 0.15) is 80.6 Å². The Kier molecular flexibility index (Phi) is 7.85. The lowest BCUT2D eigenvalue weighted by atomic mass is 9.94. The van der Waals surface area contributed by atoms with Crippen molar-refractivity contribution in [1.29, 1.82) is 0 Å². The predicted molar refractivity (Wildman–Crippen MR) is 96.7 cm³/mol. The van der Waals surface area contributed by atoms with Gasteiger partial charge in [0.2, 0.25) is 0 Å². The lowest BCUT2D eigenvalue weighted by Crippen LogP contribution is -2.52. The Balaban J connectivity index is 2.49. The predicted octanol–water partition coefficient (Wildman–Crippen LogP) is 4.58. The Morgan fingerprint density at radius 2 is 1.96 bits per heavy atom. The second-order valence-electron chi connectivity index (χ2n) is 8.27. The van der Waals surface area contributed by atoms with E-state index in [1.165, 1.54) is 19.3 Å². The normalized spacial score (nSPS) is 25.1. The summed E-state index contributed by atoms with van der Waals surface area (Å²) in [5.74, 6) is 0.770. The van der Waals surface area contributed by atoms with Gasteiger partial charge in [-0.2, -0.15) is 0 Å². The molecular weight excluding hydrogens is 288 g/mol. The first-order valence-electron chi connectivity index (χ1n) is 9.41. The van der Waals surface area contributed by atoms with E-state index in [4.69, 9.17) is 4.74 Å². The van der Waals surface area contributed by atoms with E-state index in [0.29, 0.717) is 12.1 Å². The molecule has 1 fully saturated rings. The highest BCUT2D eigenvalue weighted by Gasteiger charge is 2.32. The number of hydrogen-bond acceptors (Lipinski definition) is 3. The zero-order valence-electron chi connectivity index (χ0n) is 16.3. The molecule has 4 unspecified atom stereocenters. The van der Waals surface area contributed by atoms with Crippen molar-refractivity contribution in [3.05, 3.63) is 0 Å². The van der Waals surface area contributed by atoms with Crippen molar-refractivity contribution in [2.75, 3.05) is 6.54 Å². The standard InChI is InChI=1S/C19H38N2O2/c1-8-14(3)12-16(9-2)20-17-10-11-21(15(4)13-17)18(22)23-19(5,6)7/h14-17,20H,8-13H2,1-7H3. The van der Waals surface area contributed by atoms with E-state index in [1.54, 1.807) is 0 Å². The summed E-state index contributed by atoms with van der Waals surface area (Å²) in [5, 5.41) is 3.83. The van der Waals surface area contributed by atoms with Crippen molar-refractivity contribution >= 4 is 6.09 Å². The summed E-state index contributed by atoms with van der Waals surface area (Å²) >= 11 is 0. The van der Waals surface area contributed by atoms with Crippen LogP contribution in [0.15, 0.2) is 0 Å². The number of piperidine rings is 1. The topological polar surface area (TPSA) is 41.6 Å². The summed E-state index contributed by atoms with van der Waals surface area (Å²) in [5.41, 5.74) is -0.421. The molecule has 0 spiro atoms. The number of rotatable bonds is 6.